The minimum absolute atomic E-state index is 0.629. The molecule has 0 aliphatic carbocycles. The number of carbonyl (C=O) groups excluding carboxylic acids is 2. The first-order valence-electron chi connectivity index (χ1n) is 5.67. The average molecular weight is 362 g/mol. The predicted molar refractivity (Wildman–Crippen MR) is 74.7 cm³/mol. The molecule has 0 bridgehead atoms. The van der Waals surface area contributed by atoms with E-state index in [9.17, 15) is 26.4 Å². The van der Waals surface area contributed by atoms with Gasteiger partial charge >= 0.3 is 6.03 Å². The molecule has 2 unspecified atom stereocenters. The number of nitrogens with two attached hydrogens (primary N) is 1. The Kier molecular flexibility index (Phi) is 7.17. The van der Waals surface area contributed by atoms with Crippen molar-refractivity contribution in [3.63, 3.8) is 0 Å². The van der Waals surface area contributed by atoms with Gasteiger partial charge in [-0.15, -0.1) is 0 Å². The molecule has 0 fully saturated rings. The standard InChI is InChI=1S/C8H18N4O8S2/c1-5(13)10-6(4-21(15,16)17)11-7(22(18,19)20)3-12(2)8(9)14/h6-7,11H,3-4H2,1-2H3,(H2,9,14)(H,10,13)(H,15,16,17)(H,18,19,20). The molecule has 0 aliphatic rings. The summed E-state index contributed by atoms with van der Waals surface area (Å²) in [6.45, 7) is 0.395. The van der Waals surface area contributed by atoms with E-state index >= 15 is 0 Å². The Balaban J connectivity index is 5.27. The third-order valence-corrected chi connectivity index (χ3v) is 4.08. The third-order valence-electron chi connectivity index (χ3n) is 2.32. The van der Waals surface area contributed by atoms with Gasteiger partial charge in [0, 0.05) is 14.0 Å². The molecule has 0 aromatic rings. The van der Waals surface area contributed by atoms with Crippen LogP contribution in [0.3, 0.4) is 0 Å². The molecule has 0 radical (unpaired) electrons. The molecular weight excluding hydrogens is 344 g/mol. The summed E-state index contributed by atoms with van der Waals surface area (Å²) in [6, 6.07) is -0.999. The van der Waals surface area contributed by atoms with Crippen LogP contribution in [0.1, 0.15) is 6.92 Å². The Morgan fingerprint density at radius 3 is 2.05 bits per heavy atom. The van der Waals surface area contributed by atoms with Crippen molar-refractivity contribution >= 4 is 32.2 Å². The second kappa shape index (κ2) is 7.68. The van der Waals surface area contributed by atoms with Crippen LogP contribution < -0.4 is 16.4 Å². The van der Waals surface area contributed by atoms with Crippen molar-refractivity contribution in [1.82, 2.24) is 15.5 Å². The third kappa shape index (κ3) is 8.73. The van der Waals surface area contributed by atoms with E-state index in [0.29, 0.717) is 0 Å². The van der Waals surface area contributed by atoms with Gasteiger partial charge in [-0.2, -0.15) is 16.8 Å². The molecule has 0 aromatic heterocycles. The maximum atomic E-state index is 11.3. The molecule has 0 spiro atoms. The van der Waals surface area contributed by atoms with Crippen LogP contribution in [0, 0.1) is 0 Å². The van der Waals surface area contributed by atoms with Crippen molar-refractivity contribution in [3.05, 3.63) is 0 Å². The highest BCUT2D eigenvalue weighted by Crippen LogP contribution is 2.01. The van der Waals surface area contributed by atoms with Gasteiger partial charge in [0.05, 0.1) is 12.7 Å². The summed E-state index contributed by atoms with van der Waals surface area (Å²) < 4.78 is 62.1. The van der Waals surface area contributed by atoms with E-state index in [0.717, 1.165) is 18.9 Å². The largest absolute Gasteiger partial charge is 0.351 e. The van der Waals surface area contributed by atoms with Gasteiger partial charge in [0.1, 0.15) is 5.75 Å². The Morgan fingerprint density at radius 2 is 1.73 bits per heavy atom. The molecule has 130 valence electrons. The summed E-state index contributed by atoms with van der Waals surface area (Å²) in [6.07, 6.45) is -1.53. The fourth-order valence-electron chi connectivity index (χ4n) is 1.38. The van der Waals surface area contributed by atoms with Crippen LogP contribution in [0.15, 0.2) is 0 Å². The van der Waals surface area contributed by atoms with Crippen LogP contribution >= 0.6 is 0 Å². The van der Waals surface area contributed by atoms with E-state index in [1.54, 1.807) is 0 Å². The lowest BCUT2D eigenvalue weighted by molar-refractivity contribution is -0.119. The Bertz CT molecular complexity index is 616. The molecule has 6 N–H and O–H groups in total. The van der Waals surface area contributed by atoms with Gasteiger partial charge in [-0.1, -0.05) is 0 Å². The molecular formula is C8H18N4O8S2. The summed E-state index contributed by atoms with van der Waals surface area (Å²) in [5.74, 6) is -1.78. The molecule has 2 atom stereocenters. The van der Waals surface area contributed by atoms with Crippen LogP contribution in [0.25, 0.3) is 0 Å². The number of nitrogens with one attached hydrogen (secondary N) is 2. The van der Waals surface area contributed by atoms with Gasteiger partial charge in [-0.3, -0.25) is 19.2 Å². The van der Waals surface area contributed by atoms with Gasteiger partial charge in [0.2, 0.25) is 5.91 Å². The highest BCUT2D eigenvalue weighted by molar-refractivity contribution is 7.86. The topological polar surface area (TPSA) is 196 Å². The molecule has 0 saturated heterocycles. The zero-order valence-electron chi connectivity index (χ0n) is 11.8. The van der Waals surface area contributed by atoms with Crippen molar-refractivity contribution < 1.29 is 35.5 Å². The van der Waals surface area contributed by atoms with Crippen LogP contribution in [-0.4, -0.2) is 73.7 Å². The maximum absolute atomic E-state index is 11.3. The number of likely N-dealkylation sites (N-methyl/N-ethyl adjacent to an activating group) is 1. The van der Waals surface area contributed by atoms with E-state index in [1.807, 2.05) is 5.32 Å². The lowest BCUT2D eigenvalue weighted by Gasteiger charge is -2.26. The number of hydrogen-bond acceptors (Lipinski definition) is 7. The zero-order chi connectivity index (χ0) is 17.7. The second-order valence-corrected chi connectivity index (χ2v) is 7.49. The summed E-state index contributed by atoms with van der Waals surface area (Å²) in [7, 11) is -8.19. The number of carbonyl (C=O) groups is 2. The average Bonchev–Trinajstić information content (AvgIpc) is 2.22. The number of nitrogens with zero attached hydrogens (tertiary/aromatic N) is 1. The van der Waals surface area contributed by atoms with Crippen LogP contribution in [0.4, 0.5) is 4.79 Å². The highest BCUT2D eigenvalue weighted by atomic mass is 32.2. The summed E-state index contributed by atoms with van der Waals surface area (Å²) in [4.78, 5) is 22.6. The Morgan fingerprint density at radius 1 is 1.23 bits per heavy atom. The van der Waals surface area contributed by atoms with E-state index in [1.165, 1.54) is 0 Å². The zero-order valence-corrected chi connectivity index (χ0v) is 13.4. The van der Waals surface area contributed by atoms with Gasteiger partial charge in [-0.25, -0.2) is 4.79 Å². The second-order valence-electron chi connectivity index (χ2n) is 4.39. The minimum atomic E-state index is -4.77. The van der Waals surface area contributed by atoms with Crippen molar-refractivity contribution in [2.45, 2.75) is 18.5 Å². The first-order valence-corrected chi connectivity index (χ1v) is 8.79. The molecule has 12 nitrogen and oxygen atoms in total. The molecule has 14 heteroatoms. The predicted octanol–water partition coefficient (Wildman–Crippen LogP) is -2.85. The van der Waals surface area contributed by atoms with Gasteiger partial charge < -0.3 is 16.0 Å². The normalized spacial score (nSPS) is 14.9. The number of rotatable bonds is 8. The summed E-state index contributed by atoms with van der Waals surface area (Å²) >= 11 is 0. The molecule has 0 rings (SSSR count). The lowest BCUT2D eigenvalue weighted by Crippen LogP contribution is -2.57. The van der Waals surface area contributed by atoms with Crippen LogP contribution in [0.2, 0.25) is 0 Å². The minimum Gasteiger partial charge on any atom is -0.351 e. The van der Waals surface area contributed by atoms with E-state index in [-0.39, 0.29) is 0 Å². The van der Waals surface area contributed by atoms with E-state index < -0.39 is 56.0 Å². The van der Waals surface area contributed by atoms with Gasteiger partial charge in [-0.05, 0) is 0 Å². The van der Waals surface area contributed by atoms with Gasteiger partial charge in [0.15, 0.2) is 5.37 Å². The smallest absolute Gasteiger partial charge is 0.314 e. The van der Waals surface area contributed by atoms with E-state index in [4.69, 9.17) is 14.8 Å². The molecule has 0 saturated carbocycles. The Labute approximate surface area is 127 Å². The molecule has 0 heterocycles. The molecule has 22 heavy (non-hydrogen) atoms. The van der Waals surface area contributed by atoms with Crippen molar-refractivity contribution in [2.75, 3.05) is 19.3 Å². The van der Waals surface area contributed by atoms with Crippen molar-refractivity contribution in [1.29, 1.82) is 0 Å². The fraction of sp³-hybridized carbons (Fsp3) is 0.750. The summed E-state index contributed by atoms with van der Waals surface area (Å²) in [5, 5.41) is 2.31. The number of amides is 3. The van der Waals surface area contributed by atoms with Gasteiger partial charge in [0.25, 0.3) is 20.2 Å². The van der Waals surface area contributed by atoms with E-state index in [2.05, 4.69) is 5.32 Å². The number of urea groups is 1. The number of hydrogen-bond donors (Lipinski definition) is 5. The van der Waals surface area contributed by atoms with Crippen LogP contribution in [0.5, 0.6) is 0 Å². The maximum Gasteiger partial charge on any atom is 0.314 e. The molecule has 0 aliphatic heterocycles. The SMILES string of the molecule is CC(=O)NC(CS(=O)(=O)O)NC(CN(C)C(N)=O)S(=O)(=O)O. The lowest BCUT2D eigenvalue weighted by atomic mass is 10.4. The first-order chi connectivity index (χ1) is 9.72. The van der Waals surface area contributed by atoms with Crippen molar-refractivity contribution in [2.24, 2.45) is 5.73 Å². The summed E-state index contributed by atoms with van der Waals surface area (Å²) in [5.41, 5.74) is 4.92. The number of primary amides is 1. The highest BCUT2D eigenvalue weighted by Gasteiger charge is 2.30. The Hall–Kier alpha value is -1.48. The fourth-order valence-corrected chi connectivity index (χ4v) is 2.73. The monoisotopic (exact) mass is 362 g/mol. The first kappa shape index (κ1) is 20.5. The molecule has 3 amide bonds. The van der Waals surface area contributed by atoms with Crippen molar-refractivity contribution in [3.8, 4) is 0 Å². The van der Waals surface area contributed by atoms with Crippen LogP contribution in [-0.2, 0) is 25.0 Å². The molecule has 0 aromatic carbocycles. The quantitative estimate of drug-likeness (QED) is 0.223.